The summed E-state index contributed by atoms with van der Waals surface area (Å²) in [7, 11) is 1.34. The standard InChI is InChI=1S/C14H18O5/c1-17-14(16)6-4-11(15)10-3-5-12-13(9-10)19-8-2-7-18-12/h3,5,9,11,15H,2,4,6-8H2,1H3. The predicted octanol–water partition coefficient (Wildman–Crippen LogP) is 1.83. The van der Waals surface area contributed by atoms with Crippen LogP contribution in [0.25, 0.3) is 0 Å². The third-order valence-corrected chi connectivity index (χ3v) is 3.01. The van der Waals surface area contributed by atoms with Gasteiger partial charge in [-0.2, -0.15) is 0 Å². The number of aliphatic hydroxyl groups is 1. The molecule has 1 aromatic carbocycles. The van der Waals surface area contributed by atoms with Crippen molar-refractivity contribution in [3.8, 4) is 11.5 Å². The highest BCUT2D eigenvalue weighted by Crippen LogP contribution is 2.33. The van der Waals surface area contributed by atoms with Crippen LogP contribution in [0.2, 0.25) is 0 Å². The maximum absolute atomic E-state index is 11.0. The highest BCUT2D eigenvalue weighted by atomic mass is 16.5. The Balaban J connectivity index is 2.04. The van der Waals surface area contributed by atoms with Crippen molar-refractivity contribution in [2.75, 3.05) is 20.3 Å². The van der Waals surface area contributed by atoms with Gasteiger partial charge in [-0.1, -0.05) is 6.07 Å². The predicted molar refractivity (Wildman–Crippen MR) is 68.3 cm³/mol. The minimum absolute atomic E-state index is 0.187. The molecule has 2 rings (SSSR count). The number of hydrogen-bond donors (Lipinski definition) is 1. The van der Waals surface area contributed by atoms with Crippen LogP contribution in [0.3, 0.4) is 0 Å². The van der Waals surface area contributed by atoms with Crippen molar-refractivity contribution in [1.82, 2.24) is 0 Å². The molecule has 1 aromatic rings. The van der Waals surface area contributed by atoms with Crippen molar-refractivity contribution < 1.29 is 24.1 Å². The summed E-state index contributed by atoms with van der Waals surface area (Å²) in [6.45, 7) is 1.24. The van der Waals surface area contributed by atoms with Gasteiger partial charge in [-0.05, 0) is 24.1 Å². The Morgan fingerprint density at radius 2 is 2.11 bits per heavy atom. The second-order valence-corrected chi connectivity index (χ2v) is 4.39. The smallest absolute Gasteiger partial charge is 0.305 e. The van der Waals surface area contributed by atoms with Gasteiger partial charge in [0.1, 0.15) is 0 Å². The summed E-state index contributed by atoms with van der Waals surface area (Å²) in [4.78, 5) is 11.0. The average molecular weight is 266 g/mol. The van der Waals surface area contributed by atoms with Crippen molar-refractivity contribution in [3.05, 3.63) is 23.8 Å². The molecule has 0 aromatic heterocycles. The molecule has 1 aliphatic rings. The molecule has 0 amide bonds. The topological polar surface area (TPSA) is 65.0 Å². The molecule has 0 spiro atoms. The first-order valence-corrected chi connectivity index (χ1v) is 6.35. The summed E-state index contributed by atoms with van der Waals surface area (Å²) < 4.78 is 15.6. The molecule has 0 saturated carbocycles. The monoisotopic (exact) mass is 266 g/mol. The SMILES string of the molecule is COC(=O)CCC(O)c1ccc2c(c1)OCCCO2. The van der Waals surface area contributed by atoms with Gasteiger partial charge in [0.05, 0.1) is 26.4 Å². The Kier molecular flexibility index (Phi) is 4.63. The molecular formula is C14H18O5. The van der Waals surface area contributed by atoms with Gasteiger partial charge in [0.15, 0.2) is 11.5 Å². The second-order valence-electron chi connectivity index (χ2n) is 4.39. The molecule has 0 radical (unpaired) electrons. The van der Waals surface area contributed by atoms with E-state index in [1.807, 2.05) is 0 Å². The summed E-state index contributed by atoms with van der Waals surface area (Å²) in [6.07, 6.45) is 0.643. The van der Waals surface area contributed by atoms with Crippen molar-refractivity contribution in [2.24, 2.45) is 0 Å². The first-order chi connectivity index (χ1) is 9.20. The molecular weight excluding hydrogens is 248 g/mol. The molecule has 0 saturated heterocycles. The fourth-order valence-electron chi connectivity index (χ4n) is 1.91. The lowest BCUT2D eigenvalue weighted by Gasteiger charge is -2.13. The molecule has 1 aliphatic heterocycles. The number of carbonyl (C=O) groups is 1. The fraction of sp³-hybridized carbons (Fsp3) is 0.500. The zero-order chi connectivity index (χ0) is 13.7. The quantitative estimate of drug-likeness (QED) is 0.842. The molecule has 5 nitrogen and oxygen atoms in total. The maximum atomic E-state index is 11.0. The number of aliphatic hydroxyl groups excluding tert-OH is 1. The van der Waals surface area contributed by atoms with Crippen LogP contribution in [0.1, 0.15) is 30.9 Å². The molecule has 1 atom stereocenters. The lowest BCUT2D eigenvalue weighted by atomic mass is 10.0. The van der Waals surface area contributed by atoms with E-state index in [4.69, 9.17) is 9.47 Å². The number of hydrogen-bond acceptors (Lipinski definition) is 5. The highest BCUT2D eigenvalue weighted by molar-refractivity contribution is 5.69. The van der Waals surface area contributed by atoms with E-state index in [9.17, 15) is 9.90 Å². The van der Waals surface area contributed by atoms with Crippen molar-refractivity contribution in [1.29, 1.82) is 0 Å². The third kappa shape index (κ3) is 3.61. The Morgan fingerprint density at radius 3 is 2.84 bits per heavy atom. The molecule has 19 heavy (non-hydrogen) atoms. The normalized spacial score (nSPS) is 15.5. The van der Waals surface area contributed by atoms with Gasteiger partial charge in [-0.3, -0.25) is 4.79 Å². The minimum Gasteiger partial charge on any atom is -0.490 e. The first kappa shape index (κ1) is 13.7. The van der Waals surface area contributed by atoms with Crippen LogP contribution in [0.5, 0.6) is 11.5 Å². The Hall–Kier alpha value is -1.75. The van der Waals surface area contributed by atoms with Gasteiger partial charge in [-0.15, -0.1) is 0 Å². The van der Waals surface area contributed by atoms with Gasteiger partial charge < -0.3 is 19.3 Å². The second kappa shape index (κ2) is 6.43. The minimum atomic E-state index is -0.712. The van der Waals surface area contributed by atoms with E-state index in [-0.39, 0.29) is 12.4 Å². The lowest BCUT2D eigenvalue weighted by Crippen LogP contribution is -2.05. The van der Waals surface area contributed by atoms with Crippen LogP contribution < -0.4 is 9.47 Å². The zero-order valence-electron chi connectivity index (χ0n) is 10.9. The third-order valence-electron chi connectivity index (χ3n) is 3.01. The molecule has 0 fully saturated rings. The number of ether oxygens (including phenoxy) is 3. The van der Waals surface area contributed by atoms with E-state index in [1.54, 1.807) is 18.2 Å². The van der Waals surface area contributed by atoms with E-state index < -0.39 is 6.10 Å². The Morgan fingerprint density at radius 1 is 1.37 bits per heavy atom. The van der Waals surface area contributed by atoms with Crippen LogP contribution in [0, 0.1) is 0 Å². The van der Waals surface area contributed by atoms with Crippen molar-refractivity contribution >= 4 is 5.97 Å². The summed E-state index contributed by atoms with van der Waals surface area (Å²) in [6, 6.07) is 5.34. The van der Waals surface area contributed by atoms with E-state index in [0.29, 0.717) is 36.7 Å². The van der Waals surface area contributed by atoms with Gasteiger partial charge in [0.2, 0.25) is 0 Å². The summed E-state index contributed by atoms with van der Waals surface area (Å²) in [5.74, 6) is 1.02. The zero-order valence-corrected chi connectivity index (χ0v) is 10.9. The maximum Gasteiger partial charge on any atom is 0.305 e. The van der Waals surface area contributed by atoms with E-state index in [1.165, 1.54) is 7.11 Å². The van der Waals surface area contributed by atoms with Crippen LogP contribution in [0.15, 0.2) is 18.2 Å². The molecule has 5 heteroatoms. The van der Waals surface area contributed by atoms with Gasteiger partial charge in [0, 0.05) is 12.8 Å². The number of methoxy groups -OCH3 is 1. The van der Waals surface area contributed by atoms with Crippen LogP contribution >= 0.6 is 0 Å². The largest absolute Gasteiger partial charge is 0.490 e. The van der Waals surface area contributed by atoms with Crippen LogP contribution in [-0.4, -0.2) is 31.4 Å². The Labute approximate surface area is 112 Å². The summed E-state index contributed by atoms with van der Waals surface area (Å²) in [5.41, 5.74) is 0.716. The van der Waals surface area contributed by atoms with Gasteiger partial charge in [-0.25, -0.2) is 0 Å². The summed E-state index contributed by atoms with van der Waals surface area (Å²) in [5, 5.41) is 10.0. The molecule has 0 bridgehead atoms. The number of benzene rings is 1. The molecule has 1 heterocycles. The highest BCUT2D eigenvalue weighted by Gasteiger charge is 2.15. The number of esters is 1. The van der Waals surface area contributed by atoms with Crippen LogP contribution in [-0.2, 0) is 9.53 Å². The van der Waals surface area contributed by atoms with Gasteiger partial charge in [0.25, 0.3) is 0 Å². The first-order valence-electron chi connectivity index (χ1n) is 6.35. The number of rotatable bonds is 4. The average Bonchev–Trinajstić information content (AvgIpc) is 2.68. The van der Waals surface area contributed by atoms with Crippen molar-refractivity contribution in [3.63, 3.8) is 0 Å². The van der Waals surface area contributed by atoms with E-state index in [2.05, 4.69) is 4.74 Å². The Bertz CT molecular complexity index is 443. The number of carbonyl (C=O) groups excluding carboxylic acids is 1. The van der Waals surface area contributed by atoms with Gasteiger partial charge >= 0.3 is 5.97 Å². The number of fused-ring (bicyclic) bond motifs is 1. The molecule has 0 aliphatic carbocycles. The van der Waals surface area contributed by atoms with E-state index in [0.717, 1.165) is 6.42 Å². The fourth-order valence-corrected chi connectivity index (χ4v) is 1.91. The molecule has 1 N–H and O–H groups in total. The molecule has 1 unspecified atom stereocenters. The van der Waals surface area contributed by atoms with Crippen molar-refractivity contribution in [2.45, 2.75) is 25.4 Å². The van der Waals surface area contributed by atoms with Crippen LogP contribution in [0.4, 0.5) is 0 Å². The van der Waals surface area contributed by atoms with E-state index >= 15 is 0 Å². The molecule has 104 valence electrons. The summed E-state index contributed by atoms with van der Waals surface area (Å²) >= 11 is 0. The lowest BCUT2D eigenvalue weighted by molar-refractivity contribution is -0.141.